The van der Waals surface area contributed by atoms with Crippen molar-refractivity contribution in [2.24, 2.45) is 5.10 Å². The average Bonchev–Trinajstić information content (AvgIpc) is 2.57. The van der Waals surface area contributed by atoms with E-state index in [1.165, 1.54) is 13.1 Å². The molecule has 3 nitrogen and oxygen atoms in total. The highest BCUT2D eigenvalue weighted by Crippen LogP contribution is 2.41. The van der Waals surface area contributed by atoms with Crippen LogP contribution < -0.4 is 0 Å². The Labute approximate surface area is 140 Å². The van der Waals surface area contributed by atoms with Crippen LogP contribution >= 0.6 is 46.4 Å². The Balaban J connectivity index is 2.46. The average molecular weight is 378 g/mol. The third kappa shape index (κ3) is 3.22. The molecule has 0 N–H and O–H groups in total. The fourth-order valence-electron chi connectivity index (χ4n) is 1.97. The summed E-state index contributed by atoms with van der Waals surface area (Å²) in [5, 5.41) is 5.93. The summed E-state index contributed by atoms with van der Waals surface area (Å²) < 4.78 is 27.6. The monoisotopic (exact) mass is 376 g/mol. The number of rotatable bonds is 3. The van der Waals surface area contributed by atoms with Crippen molar-refractivity contribution in [1.82, 2.24) is 5.01 Å². The third-order valence-corrected chi connectivity index (χ3v) is 4.41. The zero-order valence-electron chi connectivity index (χ0n) is 10.9. The molecule has 1 aromatic rings. The van der Waals surface area contributed by atoms with Crippen LogP contribution in [0.5, 0.6) is 0 Å². The number of aryl methyl sites for hydroxylation is 1. The molecular formula is C12H10Cl4F2N2O. The van der Waals surface area contributed by atoms with Crippen LogP contribution in [0, 0.1) is 6.92 Å². The Morgan fingerprint density at radius 1 is 1.29 bits per heavy atom. The van der Waals surface area contributed by atoms with Crippen LogP contribution in [0.1, 0.15) is 11.1 Å². The summed E-state index contributed by atoms with van der Waals surface area (Å²) in [6.07, 6.45) is -1.33. The topological polar surface area (TPSA) is 24.8 Å². The Morgan fingerprint density at radius 2 is 1.90 bits per heavy atom. The Morgan fingerprint density at radius 3 is 2.48 bits per heavy atom. The van der Waals surface area contributed by atoms with Gasteiger partial charge in [-0.25, -0.2) is 0 Å². The first kappa shape index (κ1) is 17.0. The van der Waals surface area contributed by atoms with E-state index in [-0.39, 0.29) is 10.7 Å². The van der Waals surface area contributed by atoms with E-state index in [0.717, 1.165) is 10.6 Å². The highest BCUT2D eigenvalue weighted by Gasteiger charge is 2.51. The second-order valence-corrected chi connectivity index (χ2v) is 6.68. The lowest BCUT2D eigenvalue weighted by Gasteiger charge is -2.27. The van der Waals surface area contributed by atoms with E-state index in [0.29, 0.717) is 10.6 Å². The molecule has 0 saturated carbocycles. The molecule has 1 unspecified atom stereocenters. The highest BCUT2D eigenvalue weighted by atomic mass is 35.5. The standard InChI is InChI=1S/C12H10Cl4F2N2O/c1-5-3-6(8(14)4-7(5)13)9-12(15,16)10(20(2)19-9)21-11(17)18/h3-4,10-11H,1-2H3. The van der Waals surface area contributed by atoms with Crippen molar-refractivity contribution in [3.8, 4) is 0 Å². The van der Waals surface area contributed by atoms with Crippen molar-refractivity contribution in [3.05, 3.63) is 33.3 Å². The predicted octanol–water partition coefficient (Wildman–Crippen LogP) is 4.69. The van der Waals surface area contributed by atoms with Gasteiger partial charge >= 0.3 is 6.61 Å². The number of benzene rings is 1. The number of alkyl halides is 4. The highest BCUT2D eigenvalue weighted by molar-refractivity contribution is 6.62. The predicted molar refractivity (Wildman–Crippen MR) is 80.8 cm³/mol. The van der Waals surface area contributed by atoms with Crippen molar-refractivity contribution in [1.29, 1.82) is 0 Å². The van der Waals surface area contributed by atoms with Gasteiger partial charge in [-0.2, -0.15) is 13.9 Å². The molecule has 1 aliphatic heterocycles. The Hall–Kier alpha value is -0.330. The van der Waals surface area contributed by atoms with Gasteiger partial charge in [0.05, 0.1) is 5.02 Å². The number of nitrogens with zero attached hydrogens (tertiary/aromatic N) is 2. The molecule has 0 aliphatic carbocycles. The summed E-state index contributed by atoms with van der Waals surface area (Å²) in [5.74, 6) is 0. The van der Waals surface area contributed by atoms with Gasteiger partial charge in [0.15, 0.2) is 6.23 Å². The molecule has 2 rings (SSSR count). The number of hydrogen-bond donors (Lipinski definition) is 0. The molecule has 0 radical (unpaired) electrons. The summed E-state index contributed by atoms with van der Waals surface area (Å²) in [6.45, 7) is -1.27. The zero-order chi connectivity index (χ0) is 15.9. The minimum atomic E-state index is -3.04. The molecular weight excluding hydrogens is 368 g/mol. The number of ether oxygens (including phenoxy) is 1. The lowest BCUT2D eigenvalue weighted by Crippen LogP contribution is -2.43. The molecule has 1 heterocycles. The van der Waals surface area contributed by atoms with Crippen LogP contribution in [0.25, 0.3) is 0 Å². The molecule has 116 valence electrons. The number of halogens is 6. The van der Waals surface area contributed by atoms with E-state index in [4.69, 9.17) is 46.4 Å². The molecule has 0 fully saturated rings. The molecule has 0 spiro atoms. The maximum Gasteiger partial charge on any atom is 0.347 e. The molecule has 1 aliphatic rings. The fraction of sp³-hybridized carbons (Fsp3) is 0.417. The van der Waals surface area contributed by atoms with E-state index in [1.807, 2.05) is 0 Å². The van der Waals surface area contributed by atoms with E-state index >= 15 is 0 Å². The SMILES string of the molecule is Cc1cc(C2=NN(C)C(OC(F)F)C2(Cl)Cl)c(Cl)cc1Cl. The molecule has 0 amide bonds. The molecule has 0 bridgehead atoms. The van der Waals surface area contributed by atoms with Crippen LogP contribution in [0.15, 0.2) is 17.2 Å². The van der Waals surface area contributed by atoms with Gasteiger partial charge in [-0.05, 0) is 24.6 Å². The summed E-state index contributed by atoms with van der Waals surface area (Å²) in [6, 6.07) is 3.16. The largest absolute Gasteiger partial charge is 0.347 e. The Bertz CT molecular complexity index is 595. The van der Waals surface area contributed by atoms with Crippen LogP contribution in [0.2, 0.25) is 10.0 Å². The molecule has 1 atom stereocenters. The summed E-state index contributed by atoms with van der Waals surface area (Å²) in [4.78, 5) is 0. The van der Waals surface area contributed by atoms with E-state index in [9.17, 15) is 8.78 Å². The molecule has 21 heavy (non-hydrogen) atoms. The number of hydrogen-bond acceptors (Lipinski definition) is 3. The van der Waals surface area contributed by atoms with Gasteiger partial charge < -0.3 is 0 Å². The minimum absolute atomic E-state index is 0.128. The first-order chi connectivity index (χ1) is 9.64. The lowest BCUT2D eigenvalue weighted by atomic mass is 10.0. The summed E-state index contributed by atoms with van der Waals surface area (Å²) in [5.41, 5.74) is 1.27. The zero-order valence-corrected chi connectivity index (χ0v) is 13.9. The molecule has 0 aromatic heterocycles. The van der Waals surface area contributed by atoms with Crippen LogP contribution in [0.3, 0.4) is 0 Å². The van der Waals surface area contributed by atoms with Crippen LogP contribution in [-0.4, -0.2) is 34.9 Å². The van der Waals surface area contributed by atoms with Crippen molar-refractivity contribution < 1.29 is 13.5 Å². The lowest BCUT2D eigenvalue weighted by molar-refractivity contribution is -0.195. The van der Waals surface area contributed by atoms with Gasteiger partial charge in [0.2, 0.25) is 4.33 Å². The van der Waals surface area contributed by atoms with E-state index in [2.05, 4.69) is 9.84 Å². The molecule has 0 saturated heterocycles. The van der Waals surface area contributed by atoms with E-state index < -0.39 is 17.2 Å². The third-order valence-electron chi connectivity index (χ3n) is 2.96. The normalized spacial score (nSPS) is 21.1. The van der Waals surface area contributed by atoms with Gasteiger partial charge in [-0.3, -0.25) is 9.75 Å². The molecule has 9 heteroatoms. The maximum absolute atomic E-state index is 12.5. The Kier molecular flexibility index (Phi) is 4.90. The van der Waals surface area contributed by atoms with Gasteiger partial charge in [0.25, 0.3) is 0 Å². The second-order valence-electron chi connectivity index (χ2n) is 4.48. The van der Waals surface area contributed by atoms with Crippen molar-refractivity contribution in [2.45, 2.75) is 24.1 Å². The summed E-state index contributed by atoms with van der Waals surface area (Å²) >= 11 is 24.4. The first-order valence-electron chi connectivity index (χ1n) is 5.74. The van der Waals surface area contributed by atoms with Gasteiger partial charge in [0.1, 0.15) is 5.71 Å². The van der Waals surface area contributed by atoms with E-state index in [1.54, 1.807) is 13.0 Å². The first-order valence-corrected chi connectivity index (χ1v) is 7.25. The second kappa shape index (κ2) is 6.05. The smallest absolute Gasteiger partial charge is 0.294 e. The van der Waals surface area contributed by atoms with Gasteiger partial charge in [-0.15, -0.1) is 0 Å². The maximum atomic E-state index is 12.5. The van der Waals surface area contributed by atoms with Crippen molar-refractivity contribution >= 4 is 52.1 Å². The van der Waals surface area contributed by atoms with Gasteiger partial charge in [0, 0.05) is 17.6 Å². The summed E-state index contributed by atoms with van der Waals surface area (Å²) in [7, 11) is 1.43. The van der Waals surface area contributed by atoms with Gasteiger partial charge in [-0.1, -0.05) is 46.4 Å². The molecule has 1 aromatic carbocycles. The number of hydrazone groups is 1. The van der Waals surface area contributed by atoms with Crippen molar-refractivity contribution in [2.75, 3.05) is 7.05 Å². The van der Waals surface area contributed by atoms with Crippen LogP contribution in [0.4, 0.5) is 8.78 Å². The fourth-order valence-corrected chi connectivity index (χ4v) is 3.11. The quantitative estimate of drug-likeness (QED) is 0.713. The van der Waals surface area contributed by atoms with Crippen molar-refractivity contribution in [3.63, 3.8) is 0 Å². The minimum Gasteiger partial charge on any atom is -0.294 e. The van der Waals surface area contributed by atoms with Crippen LogP contribution in [-0.2, 0) is 4.74 Å².